The lowest BCUT2D eigenvalue weighted by molar-refractivity contribution is -0.136. The molecule has 0 aromatic heterocycles. The molecule has 1 unspecified atom stereocenters. The van der Waals surface area contributed by atoms with Gasteiger partial charge in [-0.15, -0.1) is 12.4 Å². The van der Waals surface area contributed by atoms with E-state index in [4.69, 9.17) is 4.74 Å². The molecule has 1 aromatic carbocycles. The van der Waals surface area contributed by atoms with Crippen molar-refractivity contribution in [2.24, 2.45) is 5.41 Å². The molecule has 1 atom stereocenters. The third kappa shape index (κ3) is 5.14. The summed E-state index contributed by atoms with van der Waals surface area (Å²) in [5, 5.41) is 16.1. The number of hydrogen-bond donors (Lipinski definition) is 3. The summed E-state index contributed by atoms with van der Waals surface area (Å²) >= 11 is 0. The summed E-state index contributed by atoms with van der Waals surface area (Å²) < 4.78 is 18.4. The molecule has 1 aromatic rings. The minimum Gasteiger partial charge on any atom is -0.387 e. The van der Waals surface area contributed by atoms with Crippen LogP contribution in [0.3, 0.4) is 0 Å². The van der Waals surface area contributed by atoms with Gasteiger partial charge in [0, 0.05) is 13.7 Å². The Morgan fingerprint density at radius 2 is 2.17 bits per heavy atom. The summed E-state index contributed by atoms with van der Waals surface area (Å²) in [7, 11) is 1.58. The average Bonchev–Trinajstić information content (AvgIpc) is 2.53. The summed E-state index contributed by atoms with van der Waals surface area (Å²) in [4.78, 5) is 12.5. The fraction of sp³-hybridized carbons (Fsp3) is 0.562. The SMILES string of the molecule is COCC1(C(=O)NCC(O)c2cccc(F)c2)CCNCC1.Cl. The number of benzene rings is 1. The molecule has 23 heavy (non-hydrogen) atoms. The zero-order chi connectivity index (χ0) is 16.0. The van der Waals surface area contributed by atoms with Crippen LogP contribution in [0.25, 0.3) is 0 Å². The molecule has 130 valence electrons. The number of halogens is 2. The van der Waals surface area contributed by atoms with E-state index in [2.05, 4.69) is 10.6 Å². The molecule has 2 rings (SSSR count). The minimum atomic E-state index is -0.930. The van der Waals surface area contributed by atoms with E-state index in [0.29, 0.717) is 25.0 Å². The lowest BCUT2D eigenvalue weighted by Gasteiger charge is -2.35. The van der Waals surface area contributed by atoms with Crippen molar-refractivity contribution in [2.45, 2.75) is 18.9 Å². The molecule has 1 saturated heterocycles. The van der Waals surface area contributed by atoms with Crippen molar-refractivity contribution < 1.29 is 19.0 Å². The quantitative estimate of drug-likeness (QED) is 0.728. The van der Waals surface area contributed by atoms with Gasteiger partial charge in [-0.3, -0.25) is 4.79 Å². The van der Waals surface area contributed by atoms with Gasteiger partial charge in [0.1, 0.15) is 5.82 Å². The predicted molar refractivity (Wildman–Crippen MR) is 88.0 cm³/mol. The highest BCUT2D eigenvalue weighted by Gasteiger charge is 2.39. The highest BCUT2D eigenvalue weighted by atomic mass is 35.5. The molecular weight excluding hydrogens is 323 g/mol. The van der Waals surface area contributed by atoms with Gasteiger partial charge in [0.25, 0.3) is 0 Å². The van der Waals surface area contributed by atoms with Gasteiger partial charge in [0.2, 0.25) is 5.91 Å². The van der Waals surface area contributed by atoms with E-state index < -0.39 is 17.3 Å². The summed E-state index contributed by atoms with van der Waals surface area (Å²) in [5.41, 5.74) is -0.104. The first-order valence-electron chi connectivity index (χ1n) is 7.49. The van der Waals surface area contributed by atoms with Gasteiger partial charge in [0.05, 0.1) is 18.1 Å². The Kier molecular flexibility index (Phi) is 7.91. The van der Waals surface area contributed by atoms with E-state index in [1.165, 1.54) is 18.2 Å². The smallest absolute Gasteiger partial charge is 0.228 e. The van der Waals surface area contributed by atoms with E-state index in [1.807, 2.05) is 0 Å². The second-order valence-electron chi connectivity index (χ2n) is 5.74. The molecule has 0 bridgehead atoms. The molecule has 0 aliphatic carbocycles. The molecule has 0 saturated carbocycles. The number of carbonyl (C=O) groups is 1. The van der Waals surface area contributed by atoms with Crippen LogP contribution < -0.4 is 10.6 Å². The van der Waals surface area contributed by atoms with Gasteiger partial charge < -0.3 is 20.5 Å². The molecule has 0 spiro atoms. The molecule has 1 aliphatic rings. The Bertz CT molecular complexity index is 504. The van der Waals surface area contributed by atoms with Gasteiger partial charge >= 0.3 is 0 Å². The second kappa shape index (κ2) is 9.17. The van der Waals surface area contributed by atoms with E-state index in [9.17, 15) is 14.3 Å². The van der Waals surface area contributed by atoms with Gasteiger partial charge in [-0.1, -0.05) is 12.1 Å². The van der Waals surface area contributed by atoms with Crippen molar-refractivity contribution in [1.82, 2.24) is 10.6 Å². The Hall–Kier alpha value is -1.21. The van der Waals surface area contributed by atoms with Crippen LogP contribution >= 0.6 is 12.4 Å². The topological polar surface area (TPSA) is 70.6 Å². The van der Waals surface area contributed by atoms with Gasteiger partial charge in [-0.2, -0.15) is 0 Å². The molecule has 3 N–H and O–H groups in total. The number of piperidine rings is 1. The number of nitrogens with one attached hydrogen (secondary N) is 2. The van der Waals surface area contributed by atoms with E-state index in [1.54, 1.807) is 13.2 Å². The first-order chi connectivity index (χ1) is 10.6. The molecule has 5 nitrogen and oxygen atoms in total. The van der Waals surface area contributed by atoms with Gasteiger partial charge in [-0.25, -0.2) is 4.39 Å². The summed E-state index contributed by atoms with van der Waals surface area (Å²) in [6, 6.07) is 5.76. The molecular formula is C16H24ClFN2O3. The Labute approximate surface area is 142 Å². The van der Waals surface area contributed by atoms with Crippen LogP contribution in [0.5, 0.6) is 0 Å². The van der Waals surface area contributed by atoms with Crippen LogP contribution in [0.15, 0.2) is 24.3 Å². The summed E-state index contributed by atoms with van der Waals surface area (Å²) in [5.74, 6) is -0.525. The van der Waals surface area contributed by atoms with Crippen LogP contribution in [0.1, 0.15) is 24.5 Å². The highest BCUT2D eigenvalue weighted by Crippen LogP contribution is 2.29. The number of amides is 1. The lowest BCUT2D eigenvalue weighted by atomic mass is 9.78. The molecule has 1 aliphatic heterocycles. The number of aliphatic hydroxyl groups is 1. The van der Waals surface area contributed by atoms with Crippen molar-refractivity contribution in [3.63, 3.8) is 0 Å². The zero-order valence-electron chi connectivity index (χ0n) is 13.2. The van der Waals surface area contributed by atoms with Crippen LogP contribution in [0.2, 0.25) is 0 Å². The number of ether oxygens (including phenoxy) is 1. The maximum Gasteiger partial charge on any atom is 0.228 e. The van der Waals surface area contributed by atoms with Crippen molar-refractivity contribution in [1.29, 1.82) is 0 Å². The second-order valence-corrected chi connectivity index (χ2v) is 5.74. The normalized spacial score (nSPS) is 17.9. The number of aliphatic hydroxyl groups excluding tert-OH is 1. The Morgan fingerprint density at radius 1 is 1.48 bits per heavy atom. The van der Waals surface area contributed by atoms with Crippen LogP contribution in [0.4, 0.5) is 4.39 Å². The van der Waals surface area contributed by atoms with E-state index in [-0.39, 0.29) is 24.9 Å². The molecule has 1 amide bonds. The van der Waals surface area contributed by atoms with Gasteiger partial charge in [0.15, 0.2) is 0 Å². The number of methoxy groups -OCH3 is 1. The van der Waals surface area contributed by atoms with Crippen LogP contribution in [0, 0.1) is 11.2 Å². The maximum absolute atomic E-state index is 13.2. The molecule has 7 heteroatoms. The third-order valence-electron chi connectivity index (χ3n) is 4.15. The fourth-order valence-electron chi connectivity index (χ4n) is 2.83. The van der Waals surface area contributed by atoms with Crippen LogP contribution in [-0.2, 0) is 9.53 Å². The monoisotopic (exact) mass is 346 g/mol. The predicted octanol–water partition coefficient (Wildman–Crippen LogP) is 1.41. The third-order valence-corrected chi connectivity index (χ3v) is 4.15. The fourth-order valence-corrected chi connectivity index (χ4v) is 2.83. The van der Waals surface area contributed by atoms with Gasteiger partial charge in [-0.05, 0) is 43.6 Å². The van der Waals surface area contributed by atoms with Crippen molar-refractivity contribution in [3.05, 3.63) is 35.6 Å². The first kappa shape index (κ1) is 19.8. The largest absolute Gasteiger partial charge is 0.387 e. The summed E-state index contributed by atoms with van der Waals surface area (Å²) in [6.07, 6.45) is 0.465. The Morgan fingerprint density at radius 3 is 2.78 bits per heavy atom. The molecule has 0 radical (unpaired) electrons. The lowest BCUT2D eigenvalue weighted by Crippen LogP contribution is -2.50. The molecule has 1 fully saturated rings. The van der Waals surface area contributed by atoms with Crippen LogP contribution in [-0.4, -0.2) is 44.4 Å². The number of hydrogen-bond acceptors (Lipinski definition) is 4. The first-order valence-corrected chi connectivity index (χ1v) is 7.49. The average molecular weight is 347 g/mol. The standard InChI is InChI=1S/C16H23FN2O3.ClH/c1-22-11-16(5-7-18-8-6-16)15(21)19-10-14(20)12-3-2-4-13(17)9-12;/h2-4,9,14,18,20H,5-8,10-11H2,1H3,(H,19,21);1H. The maximum atomic E-state index is 13.2. The molecule has 1 heterocycles. The summed E-state index contributed by atoms with van der Waals surface area (Å²) in [6.45, 7) is 1.95. The number of carbonyl (C=O) groups excluding carboxylic acids is 1. The van der Waals surface area contributed by atoms with Crippen molar-refractivity contribution in [2.75, 3.05) is 33.4 Å². The van der Waals surface area contributed by atoms with Crippen molar-refractivity contribution >= 4 is 18.3 Å². The Balaban J connectivity index is 0.00000264. The van der Waals surface area contributed by atoms with E-state index >= 15 is 0 Å². The highest BCUT2D eigenvalue weighted by molar-refractivity contribution is 5.85. The van der Waals surface area contributed by atoms with E-state index in [0.717, 1.165) is 13.1 Å². The zero-order valence-corrected chi connectivity index (χ0v) is 14.0. The minimum absolute atomic E-state index is 0. The van der Waals surface area contributed by atoms with Crippen molar-refractivity contribution in [3.8, 4) is 0 Å². The number of rotatable bonds is 6.